The number of hydrogen-bond acceptors (Lipinski definition) is 2. The van der Waals surface area contributed by atoms with E-state index in [1.165, 1.54) is 6.07 Å². The summed E-state index contributed by atoms with van der Waals surface area (Å²) in [6.07, 6.45) is 0. The largest absolute Gasteiger partial charge is 0.464 e. The molecule has 0 amide bonds. The first-order valence-corrected chi connectivity index (χ1v) is 7.45. The Kier molecular flexibility index (Phi) is 3.20. The highest BCUT2D eigenvalue weighted by atomic mass is 32.1. The summed E-state index contributed by atoms with van der Waals surface area (Å²) < 4.78 is 20.2. The van der Waals surface area contributed by atoms with Crippen LogP contribution in [0.4, 0.5) is 4.39 Å². The van der Waals surface area contributed by atoms with E-state index in [1.54, 1.807) is 6.07 Å². The molecule has 0 radical (unpaired) electrons. The summed E-state index contributed by atoms with van der Waals surface area (Å²) in [4.78, 5) is 1.96. The molecule has 3 nitrogen and oxygen atoms in total. The highest BCUT2D eigenvalue weighted by Gasteiger charge is 2.53. The fraction of sp³-hybridized carbons (Fsp3) is 0.438. The van der Waals surface area contributed by atoms with Gasteiger partial charge in [-0.1, -0.05) is 31.2 Å². The second-order valence-corrected chi connectivity index (χ2v) is 6.46. The van der Waals surface area contributed by atoms with Gasteiger partial charge >= 0.3 is 0 Å². The van der Waals surface area contributed by atoms with Crippen molar-refractivity contribution in [1.29, 1.82) is 0 Å². The Morgan fingerprint density at radius 2 is 2.29 bits per heavy atom. The van der Waals surface area contributed by atoms with Gasteiger partial charge in [-0.15, -0.1) is 0 Å². The predicted octanol–water partition coefficient (Wildman–Crippen LogP) is 3.38. The summed E-state index contributed by atoms with van der Waals surface area (Å²) in [6, 6.07) is 4.99. The molecule has 1 aromatic carbocycles. The first-order valence-electron chi connectivity index (χ1n) is 7.04. The number of hydrogen-bond donors (Lipinski definition) is 1. The molecule has 0 aliphatic carbocycles. The minimum atomic E-state index is -0.679. The number of fused-ring (bicyclic) bond motifs is 4. The van der Waals surface area contributed by atoms with E-state index in [2.05, 4.69) is 18.8 Å². The summed E-state index contributed by atoms with van der Waals surface area (Å²) in [5.41, 5.74) is 1.13. The number of nitrogens with one attached hydrogen (secondary N) is 1. The summed E-state index contributed by atoms with van der Waals surface area (Å²) in [5.74, 6) is 0.114. The molecular formula is C16H19FN2OS. The van der Waals surface area contributed by atoms with Gasteiger partial charge in [-0.3, -0.25) is 0 Å². The van der Waals surface area contributed by atoms with Crippen LogP contribution in [0.15, 0.2) is 30.4 Å². The lowest BCUT2D eigenvalue weighted by Gasteiger charge is -2.56. The Morgan fingerprint density at radius 1 is 1.57 bits per heavy atom. The summed E-state index contributed by atoms with van der Waals surface area (Å²) in [6.45, 7) is 10.5. The molecule has 1 saturated heterocycles. The van der Waals surface area contributed by atoms with E-state index < -0.39 is 5.72 Å². The van der Waals surface area contributed by atoms with Crippen molar-refractivity contribution >= 4 is 17.3 Å². The van der Waals surface area contributed by atoms with Crippen LogP contribution in [0.1, 0.15) is 32.4 Å². The second-order valence-electron chi connectivity index (χ2n) is 6.07. The number of rotatable bonds is 2. The molecule has 0 aromatic heterocycles. The van der Waals surface area contributed by atoms with Crippen molar-refractivity contribution in [1.82, 2.24) is 10.2 Å². The normalized spacial score (nSPS) is 30.3. The predicted molar refractivity (Wildman–Crippen MR) is 84.6 cm³/mol. The van der Waals surface area contributed by atoms with Gasteiger partial charge < -0.3 is 15.0 Å². The summed E-state index contributed by atoms with van der Waals surface area (Å²) >= 11 is 5.49. The number of benzene rings is 1. The molecule has 2 bridgehead atoms. The fourth-order valence-electron chi connectivity index (χ4n) is 3.17. The molecule has 21 heavy (non-hydrogen) atoms. The van der Waals surface area contributed by atoms with Gasteiger partial charge in [-0.05, 0) is 32.1 Å². The quantitative estimate of drug-likeness (QED) is 0.669. The van der Waals surface area contributed by atoms with Crippen molar-refractivity contribution in [2.45, 2.75) is 32.5 Å². The van der Waals surface area contributed by atoms with E-state index in [-0.39, 0.29) is 17.8 Å². The molecule has 3 unspecified atom stereocenters. The molecule has 0 spiro atoms. The Hall–Kier alpha value is -1.62. The molecule has 2 aliphatic heterocycles. The van der Waals surface area contributed by atoms with Crippen LogP contribution in [0.25, 0.3) is 0 Å². The van der Waals surface area contributed by atoms with Crippen LogP contribution in [0.5, 0.6) is 5.75 Å². The van der Waals surface area contributed by atoms with Gasteiger partial charge in [0, 0.05) is 18.0 Å². The molecule has 112 valence electrons. The number of ether oxygens (including phenoxy) is 1. The van der Waals surface area contributed by atoms with E-state index in [0.29, 0.717) is 17.4 Å². The van der Waals surface area contributed by atoms with Crippen LogP contribution in [0, 0.1) is 11.7 Å². The van der Waals surface area contributed by atoms with E-state index >= 15 is 0 Å². The van der Waals surface area contributed by atoms with Crippen molar-refractivity contribution in [3.05, 3.63) is 41.7 Å². The minimum Gasteiger partial charge on any atom is -0.464 e. The van der Waals surface area contributed by atoms with Crippen molar-refractivity contribution in [3.63, 3.8) is 0 Å². The number of thiocarbonyl (C=S) groups is 1. The summed E-state index contributed by atoms with van der Waals surface area (Å²) in [7, 11) is 0. The molecule has 1 fully saturated rings. The highest BCUT2D eigenvalue weighted by Crippen LogP contribution is 2.48. The van der Waals surface area contributed by atoms with Crippen molar-refractivity contribution in [2.75, 3.05) is 6.54 Å². The third-order valence-corrected chi connectivity index (χ3v) is 4.81. The zero-order valence-electron chi connectivity index (χ0n) is 12.4. The lowest BCUT2D eigenvalue weighted by Crippen LogP contribution is -2.69. The van der Waals surface area contributed by atoms with E-state index in [9.17, 15) is 4.39 Å². The fourth-order valence-corrected chi connectivity index (χ4v) is 3.54. The Bertz CT molecular complexity index is 633. The minimum absolute atomic E-state index is 0.0386. The smallest absolute Gasteiger partial charge is 0.187 e. The van der Waals surface area contributed by atoms with E-state index in [1.807, 2.05) is 24.8 Å². The summed E-state index contributed by atoms with van der Waals surface area (Å²) in [5, 5.41) is 3.95. The molecule has 3 rings (SSSR count). The number of halogens is 1. The topological polar surface area (TPSA) is 24.5 Å². The van der Waals surface area contributed by atoms with Crippen LogP contribution < -0.4 is 10.1 Å². The third kappa shape index (κ3) is 2.02. The standard InChI is InChI=1S/C16H19FN2OS/c1-9(2)8-19-15(21)18-13-10(3)16(19,4)20-14-11(13)6-5-7-12(14)17/h5-7,10,13H,1,8H2,2-4H3,(H,18,21). The SMILES string of the molecule is C=C(C)CN1C(=S)NC2c3cccc(F)c3OC1(C)C2C. The second kappa shape index (κ2) is 4.70. The lowest BCUT2D eigenvalue weighted by molar-refractivity contribution is -0.109. The molecule has 2 heterocycles. The van der Waals surface area contributed by atoms with E-state index in [4.69, 9.17) is 17.0 Å². The lowest BCUT2D eigenvalue weighted by atomic mass is 9.80. The third-order valence-electron chi connectivity index (χ3n) is 4.47. The first-order chi connectivity index (χ1) is 9.84. The van der Waals surface area contributed by atoms with Gasteiger partial charge in [0.1, 0.15) is 0 Å². The highest BCUT2D eigenvalue weighted by molar-refractivity contribution is 7.80. The molecule has 3 atom stereocenters. The van der Waals surface area contributed by atoms with Crippen molar-refractivity contribution in [3.8, 4) is 5.75 Å². The van der Waals surface area contributed by atoms with Crippen LogP contribution in [0.3, 0.4) is 0 Å². The van der Waals surface area contributed by atoms with Crippen LogP contribution in [-0.2, 0) is 0 Å². The molecule has 1 aromatic rings. The zero-order valence-corrected chi connectivity index (χ0v) is 13.3. The van der Waals surface area contributed by atoms with Gasteiger partial charge in [0.2, 0.25) is 0 Å². The monoisotopic (exact) mass is 306 g/mol. The zero-order chi connectivity index (χ0) is 15.4. The number of nitrogens with zero attached hydrogens (tertiary/aromatic N) is 1. The van der Waals surface area contributed by atoms with Crippen LogP contribution in [-0.4, -0.2) is 22.3 Å². The van der Waals surface area contributed by atoms with Crippen LogP contribution >= 0.6 is 12.2 Å². The van der Waals surface area contributed by atoms with Gasteiger partial charge in [0.15, 0.2) is 22.4 Å². The molecular weight excluding hydrogens is 287 g/mol. The Balaban J connectivity index is 2.12. The molecule has 5 heteroatoms. The van der Waals surface area contributed by atoms with E-state index in [0.717, 1.165) is 11.1 Å². The molecule has 1 N–H and O–H groups in total. The van der Waals surface area contributed by atoms with Gasteiger partial charge in [0.25, 0.3) is 0 Å². The van der Waals surface area contributed by atoms with Crippen molar-refractivity contribution in [2.24, 2.45) is 5.92 Å². The maximum atomic E-state index is 14.1. The van der Waals surface area contributed by atoms with Crippen molar-refractivity contribution < 1.29 is 9.13 Å². The molecule has 0 saturated carbocycles. The average Bonchev–Trinajstić information content (AvgIpc) is 2.40. The Labute approximate surface area is 129 Å². The van der Waals surface area contributed by atoms with Gasteiger partial charge in [-0.2, -0.15) is 0 Å². The van der Waals surface area contributed by atoms with Gasteiger partial charge in [-0.25, -0.2) is 4.39 Å². The molecule has 2 aliphatic rings. The number of para-hydroxylation sites is 1. The maximum absolute atomic E-state index is 14.1. The average molecular weight is 306 g/mol. The maximum Gasteiger partial charge on any atom is 0.187 e. The Morgan fingerprint density at radius 3 is 2.95 bits per heavy atom. The van der Waals surface area contributed by atoms with Crippen LogP contribution in [0.2, 0.25) is 0 Å². The van der Waals surface area contributed by atoms with Gasteiger partial charge in [0.05, 0.1) is 6.04 Å². The first kappa shape index (κ1) is 14.3.